The van der Waals surface area contributed by atoms with Crippen molar-refractivity contribution in [2.45, 2.75) is 6.61 Å². The Kier molecular flexibility index (Phi) is 4.57. The third-order valence-electron chi connectivity index (χ3n) is 3.86. The lowest BCUT2D eigenvalue weighted by molar-refractivity contribution is 0.0471. The number of benzene rings is 2. The molecule has 0 bridgehead atoms. The predicted octanol–water partition coefficient (Wildman–Crippen LogP) is 5.55. The van der Waals surface area contributed by atoms with Gasteiger partial charge in [0.05, 0.1) is 11.3 Å². The molecule has 2 aromatic heterocycles. The normalized spacial score (nSPS) is 11.0. The average Bonchev–Trinajstić information content (AvgIpc) is 3.27. The number of hydrogen-bond donors (Lipinski definition) is 1. The molecule has 1 N–H and O–H groups in total. The third-order valence-corrected chi connectivity index (χ3v) is 5.29. The summed E-state index contributed by atoms with van der Waals surface area (Å²) in [7, 11) is 0. The van der Waals surface area contributed by atoms with Crippen LogP contribution in [0.15, 0.2) is 58.5 Å². The molecule has 0 atom stereocenters. The number of carbonyl (C=O) groups is 1. The minimum atomic E-state index is -0.411. The summed E-state index contributed by atoms with van der Waals surface area (Å²) < 4.78 is 19.3. The SMILES string of the molecule is O=C(OCc1csc(-c2ccc(F)cc2)n1)c1c[nH]c2ccc(Br)cc12. The number of fused-ring (bicyclic) bond motifs is 1. The second-order valence-electron chi connectivity index (χ2n) is 5.62. The number of hydrogen-bond acceptors (Lipinski definition) is 4. The number of carbonyl (C=O) groups excluding carboxylic acids is 1. The lowest BCUT2D eigenvalue weighted by Crippen LogP contribution is -2.04. The number of rotatable bonds is 4. The summed E-state index contributed by atoms with van der Waals surface area (Å²) in [5.74, 6) is -0.699. The van der Waals surface area contributed by atoms with E-state index in [0.717, 1.165) is 25.9 Å². The third kappa shape index (κ3) is 3.40. The van der Waals surface area contributed by atoms with E-state index >= 15 is 0 Å². The Labute approximate surface area is 160 Å². The smallest absolute Gasteiger partial charge is 0.340 e. The molecular weight excluding hydrogens is 419 g/mol. The molecule has 4 rings (SSSR count). The van der Waals surface area contributed by atoms with Gasteiger partial charge in [0.15, 0.2) is 0 Å². The lowest BCUT2D eigenvalue weighted by atomic mass is 10.2. The van der Waals surface area contributed by atoms with Gasteiger partial charge >= 0.3 is 5.97 Å². The highest BCUT2D eigenvalue weighted by molar-refractivity contribution is 9.10. The fourth-order valence-corrected chi connectivity index (χ4v) is 3.75. The quantitative estimate of drug-likeness (QED) is 0.431. The van der Waals surface area contributed by atoms with Gasteiger partial charge in [-0.1, -0.05) is 15.9 Å². The predicted molar refractivity (Wildman–Crippen MR) is 103 cm³/mol. The summed E-state index contributed by atoms with van der Waals surface area (Å²) in [5, 5.41) is 3.39. The number of halogens is 2. The number of nitrogens with one attached hydrogen (secondary N) is 1. The van der Waals surface area contributed by atoms with E-state index < -0.39 is 5.97 Å². The van der Waals surface area contributed by atoms with E-state index in [1.165, 1.54) is 23.5 Å². The van der Waals surface area contributed by atoms with Gasteiger partial charge in [-0.3, -0.25) is 0 Å². The zero-order valence-electron chi connectivity index (χ0n) is 13.3. The van der Waals surface area contributed by atoms with Gasteiger partial charge in [-0.15, -0.1) is 11.3 Å². The standard InChI is InChI=1S/C19H12BrFN2O2S/c20-12-3-6-17-15(7-12)16(8-22-17)19(24)25-9-14-10-26-18(23-14)11-1-4-13(21)5-2-11/h1-8,10,22H,9H2. The van der Waals surface area contributed by atoms with Crippen LogP contribution in [0.3, 0.4) is 0 Å². The first-order chi connectivity index (χ1) is 12.6. The molecule has 0 saturated heterocycles. The molecule has 0 amide bonds. The van der Waals surface area contributed by atoms with Gasteiger partial charge in [0, 0.05) is 32.5 Å². The maximum Gasteiger partial charge on any atom is 0.340 e. The number of aromatic amines is 1. The molecule has 4 nitrogen and oxygen atoms in total. The first-order valence-electron chi connectivity index (χ1n) is 7.74. The van der Waals surface area contributed by atoms with E-state index in [1.54, 1.807) is 18.3 Å². The Morgan fingerprint density at radius 1 is 1.23 bits per heavy atom. The highest BCUT2D eigenvalue weighted by Crippen LogP contribution is 2.26. The Balaban J connectivity index is 1.47. The van der Waals surface area contributed by atoms with E-state index in [4.69, 9.17) is 4.74 Å². The summed E-state index contributed by atoms with van der Waals surface area (Å²) >= 11 is 4.83. The summed E-state index contributed by atoms with van der Waals surface area (Å²) in [6.07, 6.45) is 1.64. The van der Waals surface area contributed by atoms with Crippen LogP contribution in [0.2, 0.25) is 0 Å². The van der Waals surface area contributed by atoms with Gasteiger partial charge in [0.1, 0.15) is 17.4 Å². The molecule has 0 aliphatic heterocycles. The molecule has 0 fully saturated rings. The molecule has 130 valence electrons. The molecule has 0 spiro atoms. The Bertz CT molecular complexity index is 1090. The molecule has 0 aliphatic carbocycles. The fourth-order valence-electron chi connectivity index (χ4n) is 2.58. The van der Waals surface area contributed by atoms with Crippen molar-refractivity contribution in [3.63, 3.8) is 0 Å². The lowest BCUT2D eigenvalue weighted by Gasteiger charge is -2.02. The molecule has 0 saturated carbocycles. The van der Waals surface area contributed by atoms with E-state index in [-0.39, 0.29) is 12.4 Å². The molecule has 7 heteroatoms. The van der Waals surface area contributed by atoms with Gasteiger partial charge < -0.3 is 9.72 Å². The van der Waals surface area contributed by atoms with Gasteiger partial charge in [0.25, 0.3) is 0 Å². The highest BCUT2D eigenvalue weighted by Gasteiger charge is 2.15. The zero-order valence-corrected chi connectivity index (χ0v) is 15.7. The molecule has 2 heterocycles. The molecule has 0 unspecified atom stereocenters. The number of nitrogens with zero attached hydrogens (tertiary/aromatic N) is 1. The summed E-state index contributed by atoms with van der Waals surface area (Å²) in [5.41, 5.74) is 2.84. The number of aromatic nitrogens is 2. The monoisotopic (exact) mass is 430 g/mol. The van der Waals surface area contributed by atoms with Crippen LogP contribution >= 0.6 is 27.3 Å². The van der Waals surface area contributed by atoms with Crippen LogP contribution in [0, 0.1) is 5.82 Å². The zero-order chi connectivity index (χ0) is 18.1. The number of H-pyrrole nitrogens is 1. The highest BCUT2D eigenvalue weighted by atomic mass is 79.9. The molecule has 2 aromatic carbocycles. The van der Waals surface area contributed by atoms with E-state index in [2.05, 4.69) is 25.9 Å². The van der Waals surface area contributed by atoms with Crippen LogP contribution in [0.5, 0.6) is 0 Å². The number of esters is 1. The first-order valence-corrected chi connectivity index (χ1v) is 9.41. The van der Waals surface area contributed by atoms with Crippen LogP contribution < -0.4 is 0 Å². The van der Waals surface area contributed by atoms with Crippen molar-refractivity contribution < 1.29 is 13.9 Å². The topological polar surface area (TPSA) is 55.0 Å². The molecule has 0 aliphatic rings. The van der Waals surface area contributed by atoms with Crippen molar-refractivity contribution in [3.8, 4) is 10.6 Å². The minimum absolute atomic E-state index is 0.0806. The van der Waals surface area contributed by atoms with Gasteiger partial charge in [-0.25, -0.2) is 14.2 Å². The molecular formula is C19H12BrFN2O2S. The van der Waals surface area contributed by atoms with Crippen LogP contribution in [-0.4, -0.2) is 15.9 Å². The van der Waals surface area contributed by atoms with Gasteiger partial charge in [-0.2, -0.15) is 0 Å². The average molecular weight is 431 g/mol. The maximum absolute atomic E-state index is 13.0. The van der Waals surface area contributed by atoms with Crippen molar-refractivity contribution in [1.82, 2.24) is 9.97 Å². The van der Waals surface area contributed by atoms with Gasteiger partial charge in [0.2, 0.25) is 0 Å². The van der Waals surface area contributed by atoms with E-state index in [0.29, 0.717) is 11.3 Å². The second-order valence-corrected chi connectivity index (χ2v) is 7.39. The Morgan fingerprint density at radius 2 is 2.04 bits per heavy atom. The van der Waals surface area contributed by atoms with Crippen molar-refractivity contribution in [2.75, 3.05) is 0 Å². The Morgan fingerprint density at radius 3 is 2.85 bits per heavy atom. The van der Waals surface area contributed by atoms with E-state index in [9.17, 15) is 9.18 Å². The van der Waals surface area contributed by atoms with E-state index in [1.807, 2.05) is 23.6 Å². The fraction of sp³-hybridized carbons (Fsp3) is 0.0526. The molecule has 26 heavy (non-hydrogen) atoms. The van der Waals surface area contributed by atoms with Crippen LogP contribution in [0.25, 0.3) is 21.5 Å². The molecule has 4 aromatic rings. The summed E-state index contributed by atoms with van der Waals surface area (Å²) in [4.78, 5) is 19.9. The largest absolute Gasteiger partial charge is 0.455 e. The summed E-state index contributed by atoms with van der Waals surface area (Å²) in [6.45, 7) is 0.0806. The maximum atomic E-state index is 13.0. The second kappa shape index (κ2) is 7.01. The van der Waals surface area contributed by atoms with Crippen molar-refractivity contribution >= 4 is 44.1 Å². The van der Waals surface area contributed by atoms with Gasteiger partial charge in [-0.05, 0) is 42.5 Å². The van der Waals surface area contributed by atoms with Crippen LogP contribution in [0.4, 0.5) is 4.39 Å². The minimum Gasteiger partial charge on any atom is -0.455 e. The van der Waals surface area contributed by atoms with Crippen molar-refractivity contribution in [1.29, 1.82) is 0 Å². The first kappa shape index (κ1) is 16.9. The van der Waals surface area contributed by atoms with Crippen LogP contribution in [-0.2, 0) is 11.3 Å². The summed E-state index contributed by atoms with van der Waals surface area (Å²) in [6, 6.07) is 11.8. The molecule has 0 radical (unpaired) electrons. The van der Waals surface area contributed by atoms with Crippen molar-refractivity contribution in [3.05, 3.63) is 75.6 Å². The Hall–Kier alpha value is -2.51. The number of thiazole rings is 1. The van der Waals surface area contributed by atoms with Crippen molar-refractivity contribution in [2.24, 2.45) is 0 Å². The number of ether oxygens (including phenoxy) is 1. The van der Waals surface area contributed by atoms with Crippen LogP contribution in [0.1, 0.15) is 16.1 Å².